The van der Waals surface area contributed by atoms with Crippen LogP contribution in [0, 0.1) is 0 Å². The topological polar surface area (TPSA) is 34.1 Å². The van der Waals surface area contributed by atoms with Crippen LogP contribution in [-0.2, 0) is 6.54 Å². The van der Waals surface area contributed by atoms with Crippen LogP contribution in [0.2, 0.25) is 5.02 Å². The Hall–Kier alpha value is -0.780. The van der Waals surface area contributed by atoms with Crippen molar-refractivity contribution < 1.29 is 4.74 Å². The van der Waals surface area contributed by atoms with E-state index in [1.807, 2.05) is 18.2 Å². The number of anilines is 1. The standard InChI is InChI=1S/C13H11Br2ClN2O/c1-19-13-5-9(2-3-11(13)16)17-7-12-10(15)4-8(14)6-18-12/h2-6,17H,7H2,1H3. The molecular weight excluding hydrogens is 395 g/mol. The highest BCUT2D eigenvalue weighted by Gasteiger charge is 2.04. The van der Waals surface area contributed by atoms with Crippen LogP contribution in [0.15, 0.2) is 39.4 Å². The average Bonchev–Trinajstić information content (AvgIpc) is 2.39. The molecule has 0 spiro atoms. The molecule has 1 aromatic heterocycles. The number of halogens is 3. The maximum atomic E-state index is 5.98. The lowest BCUT2D eigenvalue weighted by atomic mass is 10.3. The second-order valence-corrected chi connectivity index (χ2v) is 5.96. The third-order valence-corrected chi connectivity index (χ3v) is 3.93. The van der Waals surface area contributed by atoms with Gasteiger partial charge in [-0.3, -0.25) is 4.98 Å². The molecular formula is C13H11Br2ClN2O. The van der Waals surface area contributed by atoms with Crippen LogP contribution in [0.3, 0.4) is 0 Å². The molecule has 0 aliphatic carbocycles. The van der Waals surface area contributed by atoms with Gasteiger partial charge in [0.15, 0.2) is 0 Å². The molecule has 0 bridgehead atoms. The van der Waals surface area contributed by atoms with Crippen molar-refractivity contribution in [1.29, 1.82) is 0 Å². The molecule has 1 aromatic carbocycles. The molecule has 1 heterocycles. The van der Waals surface area contributed by atoms with Crippen molar-refractivity contribution in [2.45, 2.75) is 6.54 Å². The van der Waals surface area contributed by atoms with Crippen LogP contribution < -0.4 is 10.1 Å². The number of nitrogens with one attached hydrogen (secondary N) is 1. The van der Waals surface area contributed by atoms with Crippen molar-refractivity contribution in [3.8, 4) is 5.75 Å². The summed E-state index contributed by atoms with van der Waals surface area (Å²) in [6.45, 7) is 0.610. The fraction of sp³-hybridized carbons (Fsp3) is 0.154. The number of aromatic nitrogens is 1. The first kappa shape index (κ1) is 14.6. The highest BCUT2D eigenvalue weighted by molar-refractivity contribution is 9.11. The lowest BCUT2D eigenvalue weighted by Gasteiger charge is -2.10. The number of rotatable bonds is 4. The third kappa shape index (κ3) is 3.84. The maximum Gasteiger partial charge on any atom is 0.139 e. The molecule has 0 atom stereocenters. The van der Waals surface area contributed by atoms with Crippen LogP contribution in [0.5, 0.6) is 5.75 Å². The molecule has 0 amide bonds. The summed E-state index contributed by atoms with van der Waals surface area (Å²) in [5.74, 6) is 0.648. The minimum Gasteiger partial charge on any atom is -0.495 e. The van der Waals surface area contributed by atoms with Crippen molar-refractivity contribution in [3.05, 3.63) is 50.1 Å². The van der Waals surface area contributed by atoms with E-state index in [0.29, 0.717) is 17.3 Å². The first-order valence-electron chi connectivity index (χ1n) is 5.47. The van der Waals surface area contributed by atoms with E-state index in [9.17, 15) is 0 Å². The van der Waals surface area contributed by atoms with Gasteiger partial charge in [0.05, 0.1) is 24.4 Å². The summed E-state index contributed by atoms with van der Waals surface area (Å²) in [6.07, 6.45) is 1.77. The van der Waals surface area contributed by atoms with Crippen LogP contribution in [0.4, 0.5) is 5.69 Å². The quantitative estimate of drug-likeness (QED) is 0.786. The minimum atomic E-state index is 0.594. The zero-order valence-electron chi connectivity index (χ0n) is 10.1. The Kier molecular flexibility index (Phi) is 5.07. The van der Waals surface area contributed by atoms with Gasteiger partial charge in [0.25, 0.3) is 0 Å². The largest absolute Gasteiger partial charge is 0.495 e. The van der Waals surface area contributed by atoms with E-state index in [2.05, 4.69) is 42.2 Å². The number of benzene rings is 1. The van der Waals surface area contributed by atoms with E-state index in [1.54, 1.807) is 19.4 Å². The molecule has 0 aliphatic rings. The zero-order valence-corrected chi connectivity index (χ0v) is 14.0. The van der Waals surface area contributed by atoms with Crippen molar-refractivity contribution in [2.24, 2.45) is 0 Å². The third-order valence-electron chi connectivity index (χ3n) is 2.50. The highest BCUT2D eigenvalue weighted by Crippen LogP contribution is 2.28. The summed E-state index contributed by atoms with van der Waals surface area (Å²) in [4.78, 5) is 4.34. The van der Waals surface area contributed by atoms with Gasteiger partial charge in [-0.25, -0.2) is 0 Å². The van der Waals surface area contributed by atoms with E-state index in [1.165, 1.54) is 0 Å². The molecule has 2 aromatic rings. The Morgan fingerprint density at radius 1 is 1.32 bits per heavy atom. The molecule has 0 radical (unpaired) electrons. The summed E-state index contributed by atoms with van der Waals surface area (Å²) < 4.78 is 7.07. The molecule has 0 fully saturated rings. The number of pyridine rings is 1. The predicted octanol–water partition coefficient (Wildman–Crippen LogP) is 4.88. The molecule has 1 N–H and O–H groups in total. The SMILES string of the molecule is COc1cc(NCc2ncc(Br)cc2Br)ccc1Cl. The Morgan fingerprint density at radius 2 is 2.11 bits per heavy atom. The van der Waals surface area contributed by atoms with E-state index in [-0.39, 0.29) is 0 Å². The molecule has 0 unspecified atom stereocenters. The molecule has 2 rings (SSSR count). The van der Waals surface area contributed by atoms with Crippen LogP contribution in [0.25, 0.3) is 0 Å². The van der Waals surface area contributed by atoms with Gasteiger partial charge in [0.1, 0.15) is 5.75 Å². The fourth-order valence-electron chi connectivity index (χ4n) is 1.53. The van der Waals surface area contributed by atoms with Crippen LogP contribution >= 0.6 is 43.5 Å². The molecule has 0 saturated carbocycles. The molecule has 19 heavy (non-hydrogen) atoms. The summed E-state index contributed by atoms with van der Waals surface area (Å²) in [5.41, 5.74) is 1.86. The van der Waals surface area contributed by atoms with Gasteiger partial charge in [-0.05, 0) is 50.1 Å². The summed E-state index contributed by atoms with van der Waals surface area (Å²) >= 11 is 12.8. The van der Waals surface area contributed by atoms with E-state index < -0.39 is 0 Å². The number of nitrogens with zero attached hydrogens (tertiary/aromatic N) is 1. The molecule has 6 heteroatoms. The lowest BCUT2D eigenvalue weighted by Crippen LogP contribution is -2.02. The summed E-state index contributed by atoms with van der Waals surface area (Å²) in [7, 11) is 1.60. The number of methoxy groups -OCH3 is 1. The normalized spacial score (nSPS) is 10.3. The van der Waals surface area contributed by atoms with Crippen molar-refractivity contribution in [3.63, 3.8) is 0 Å². The van der Waals surface area contributed by atoms with Gasteiger partial charge in [0, 0.05) is 26.9 Å². The zero-order chi connectivity index (χ0) is 13.8. The van der Waals surface area contributed by atoms with Crippen molar-refractivity contribution in [1.82, 2.24) is 4.98 Å². The van der Waals surface area contributed by atoms with Gasteiger partial charge in [-0.1, -0.05) is 11.6 Å². The Labute approximate surface area is 133 Å². The predicted molar refractivity (Wildman–Crippen MR) is 85.0 cm³/mol. The smallest absolute Gasteiger partial charge is 0.139 e. The van der Waals surface area contributed by atoms with Gasteiger partial charge in [0.2, 0.25) is 0 Å². The number of hydrogen-bond acceptors (Lipinski definition) is 3. The average molecular weight is 407 g/mol. The monoisotopic (exact) mass is 404 g/mol. The fourth-order valence-corrected chi connectivity index (χ4v) is 2.85. The second kappa shape index (κ2) is 6.59. The summed E-state index contributed by atoms with van der Waals surface area (Å²) in [6, 6.07) is 7.52. The van der Waals surface area contributed by atoms with Crippen molar-refractivity contribution in [2.75, 3.05) is 12.4 Å². The van der Waals surface area contributed by atoms with E-state index >= 15 is 0 Å². The van der Waals surface area contributed by atoms with Crippen molar-refractivity contribution >= 4 is 49.1 Å². The molecule has 3 nitrogen and oxygen atoms in total. The van der Waals surface area contributed by atoms with Gasteiger partial charge in [-0.2, -0.15) is 0 Å². The van der Waals surface area contributed by atoms with Crippen LogP contribution in [-0.4, -0.2) is 12.1 Å². The Balaban J connectivity index is 2.10. The number of ether oxygens (including phenoxy) is 1. The second-order valence-electron chi connectivity index (χ2n) is 3.78. The van der Waals surface area contributed by atoms with Crippen LogP contribution in [0.1, 0.15) is 5.69 Å². The lowest BCUT2D eigenvalue weighted by molar-refractivity contribution is 0.415. The molecule has 0 saturated heterocycles. The van der Waals surface area contributed by atoms with Gasteiger partial charge < -0.3 is 10.1 Å². The molecule has 0 aliphatic heterocycles. The summed E-state index contributed by atoms with van der Waals surface area (Å²) in [5, 5.41) is 3.87. The Morgan fingerprint density at radius 3 is 2.79 bits per heavy atom. The number of hydrogen-bond donors (Lipinski definition) is 1. The maximum absolute atomic E-state index is 5.98. The minimum absolute atomic E-state index is 0.594. The van der Waals surface area contributed by atoms with E-state index in [0.717, 1.165) is 20.3 Å². The Bertz CT molecular complexity index is 593. The first-order chi connectivity index (χ1) is 9.10. The molecule has 100 valence electrons. The van der Waals surface area contributed by atoms with E-state index in [4.69, 9.17) is 16.3 Å². The highest BCUT2D eigenvalue weighted by atomic mass is 79.9. The van der Waals surface area contributed by atoms with Gasteiger partial charge >= 0.3 is 0 Å². The van der Waals surface area contributed by atoms with Gasteiger partial charge in [-0.15, -0.1) is 0 Å². The first-order valence-corrected chi connectivity index (χ1v) is 7.44.